The molecule has 3 aromatic rings. The molecule has 0 aliphatic rings. The van der Waals surface area contributed by atoms with Gasteiger partial charge in [-0.1, -0.05) is 33.8 Å². The van der Waals surface area contributed by atoms with Gasteiger partial charge in [0.25, 0.3) is 5.22 Å². The maximum Gasteiger partial charge on any atom is 0.277 e. The Morgan fingerprint density at radius 2 is 1.85 bits per heavy atom. The van der Waals surface area contributed by atoms with Crippen LogP contribution in [0.5, 0.6) is 0 Å². The van der Waals surface area contributed by atoms with Gasteiger partial charge in [0.15, 0.2) is 0 Å². The Morgan fingerprint density at radius 3 is 2.59 bits per heavy atom. The molecule has 0 bridgehead atoms. The van der Waals surface area contributed by atoms with E-state index in [-0.39, 0.29) is 17.6 Å². The molecule has 3 rings (SSSR count). The fourth-order valence-corrected chi connectivity index (χ4v) is 3.00. The molecule has 27 heavy (non-hydrogen) atoms. The van der Waals surface area contributed by atoms with Crippen LogP contribution in [0.25, 0.3) is 11.5 Å². The number of thioether (sulfide) groups is 1. The number of halogens is 1. The fourth-order valence-electron chi connectivity index (χ4n) is 2.18. The van der Waals surface area contributed by atoms with Gasteiger partial charge in [-0.3, -0.25) is 9.59 Å². The van der Waals surface area contributed by atoms with Gasteiger partial charge in [-0.05, 0) is 42.5 Å². The highest BCUT2D eigenvalue weighted by Gasteiger charge is 2.12. The molecule has 1 aromatic heterocycles. The third-order valence-electron chi connectivity index (χ3n) is 3.29. The van der Waals surface area contributed by atoms with Crippen LogP contribution in [-0.2, 0) is 9.59 Å². The number of nitrogens with zero attached hydrogens (tertiary/aromatic N) is 2. The van der Waals surface area contributed by atoms with E-state index in [1.54, 1.807) is 36.4 Å². The zero-order valence-corrected chi connectivity index (χ0v) is 16.6. The predicted molar refractivity (Wildman–Crippen MR) is 108 cm³/mol. The highest BCUT2D eigenvalue weighted by Crippen LogP contribution is 2.25. The summed E-state index contributed by atoms with van der Waals surface area (Å²) in [4.78, 5) is 23.2. The number of anilines is 2. The van der Waals surface area contributed by atoms with Crippen LogP contribution in [0.4, 0.5) is 11.4 Å². The van der Waals surface area contributed by atoms with Gasteiger partial charge in [0.1, 0.15) is 0 Å². The summed E-state index contributed by atoms with van der Waals surface area (Å²) in [6, 6.07) is 14.4. The van der Waals surface area contributed by atoms with Gasteiger partial charge >= 0.3 is 0 Å². The standard InChI is InChI=1S/C18H15BrN4O3S/c1-11(24)20-15-4-2-3-12(9-15)17-22-23-18(26-17)27-10-16(25)21-14-7-5-13(19)6-8-14/h2-9H,10H2,1H3,(H,20,24)(H,21,25). The van der Waals surface area contributed by atoms with Gasteiger partial charge in [0.05, 0.1) is 5.75 Å². The van der Waals surface area contributed by atoms with Crippen LogP contribution in [0.3, 0.4) is 0 Å². The molecule has 1 heterocycles. The third-order valence-corrected chi connectivity index (χ3v) is 4.64. The van der Waals surface area contributed by atoms with Crippen molar-refractivity contribution in [2.45, 2.75) is 12.1 Å². The van der Waals surface area contributed by atoms with E-state index in [0.29, 0.717) is 28.1 Å². The van der Waals surface area contributed by atoms with Crippen LogP contribution in [0.2, 0.25) is 0 Å². The molecule has 0 atom stereocenters. The van der Waals surface area contributed by atoms with Gasteiger partial charge in [-0.15, -0.1) is 10.2 Å². The average Bonchev–Trinajstić information content (AvgIpc) is 3.11. The Balaban J connectivity index is 1.58. The quantitative estimate of drug-likeness (QED) is 0.550. The molecule has 2 aromatic carbocycles. The largest absolute Gasteiger partial charge is 0.411 e. The molecule has 0 aliphatic heterocycles. The lowest BCUT2D eigenvalue weighted by molar-refractivity contribution is -0.114. The van der Waals surface area contributed by atoms with E-state index in [2.05, 4.69) is 36.8 Å². The van der Waals surface area contributed by atoms with Crippen molar-refractivity contribution in [3.8, 4) is 11.5 Å². The lowest BCUT2D eigenvalue weighted by atomic mass is 10.2. The number of amides is 2. The maximum atomic E-state index is 12.0. The Labute approximate surface area is 168 Å². The summed E-state index contributed by atoms with van der Waals surface area (Å²) in [7, 11) is 0. The molecule has 0 fully saturated rings. The van der Waals surface area contributed by atoms with Crippen molar-refractivity contribution in [3.05, 3.63) is 53.0 Å². The Kier molecular flexibility index (Phi) is 6.25. The molecule has 0 spiro atoms. The van der Waals surface area contributed by atoms with Gasteiger partial charge in [0, 0.05) is 28.3 Å². The molecule has 7 nitrogen and oxygen atoms in total. The number of aromatic nitrogens is 2. The van der Waals surface area contributed by atoms with E-state index in [4.69, 9.17) is 4.42 Å². The number of carbonyl (C=O) groups is 2. The van der Waals surface area contributed by atoms with Crippen molar-refractivity contribution in [1.82, 2.24) is 10.2 Å². The highest BCUT2D eigenvalue weighted by molar-refractivity contribution is 9.10. The Hall–Kier alpha value is -2.65. The predicted octanol–water partition coefficient (Wildman–Crippen LogP) is 4.19. The summed E-state index contributed by atoms with van der Waals surface area (Å²) in [5.41, 5.74) is 2.03. The van der Waals surface area contributed by atoms with Crippen LogP contribution in [0.1, 0.15) is 6.92 Å². The second-order valence-electron chi connectivity index (χ2n) is 5.48. The zero-order valence-electron chi connectivity index (χ0n) is 14.2. The molecule has 0 aliphatic carbocycles. The minimum absolute atomic E-state index is 0.142. The number of carbonyl (C=O) groups excluding carboxylic acids is 2. The first-order valence-electron chi connectivity index (χ1n) is 7.89. The fraction of sp³-hybridized carbons (Fsp3) is 0.111. The van der Waals surface area contributed by atoms with E-state index in [9.17, 15) is 9.59 Å². The number of hydrogen-bond acceptors (Lipinski definition) is 6. The van der Waals surface area contributed by atoms with Crippen LogP contribution >= 0.6 is 27.7 Å². The Bertz CT molecular complexity index is 959. The number of nitrogens with one attached hydrogen (secondary N) is 2. The molecule has 0 saturated heterocycles. The van der Waals surface area contributed by atoms with Crippen molar-refractivity contribution >= 4 is 50.9 Å². The van der Waals surface area contributed by atoms with Crippen molar-refractivity contribution in [2.75, 3.05) is 16.4 Å². The third kappa shape index (κ3) is 5.66. The molecule has 0 radical (unpaired) electrons. The van der Waals surface area contributed by atoms with Crippen LogP contribution in [0, 0.1) is 0 Å². The summed E-state index contributed by atoms with van der Waals surface area (Å²) < 4.78 is 6.53. The topological polar surface area (TPSA) is 97.1 Å². The molecule has 2 N–H and O–H groups in total. The summed E-state index contributed by atoms with van der Waals surface area (Å²) in [5.74, 6) is 0.127. The smallest absolute Gasteiger partial charge is 0.277 e. The van der Waals surface area contributed by atoms with Gasteiger partial charge < -0.3 is 15.1 Å². The van der Waals surface area contributed by atoms with E-state index < -0.39 is 0 Å². The minimum atomic E-state index is -0.172. The summed E-state index contributed by atoms with van der Waals surface area (Å²) in [6.45, 7) is 1.44. The molecular formula is C18H15BrN4O3S. The first kappa shape index (κ1) is 19.1. The summed E-state index contributed by atoms with van der Waals surface area (Å²) in [5, 5.41) is 13.7. The van der Waals surface area contributed by atoms with Crippen LogP contribution < -0.4 is 10.6 Å². The van der Waals surface area contributed by atoms with E-state index >= 15 is 0 Å². The van der Waals surface area contributed by atoms with Crippen molar-refractivity contribution in [1.29, 1.82) is 0 Å². The lowest BCUT2D eigenvalue weighted by Gasteiger charge is -2.04. The van der Waals surface area contributed by atoms with Crippen molar-refractivity contribution < 1.29 is 14.0 Å². The molecule has 0 unspecified atom stereocenters. The van der Waals surface area contributed by atoms with Gasteiger partial charge in [-0.2, -0.15) is 0 Å². The van der Waals surface area contributed by atoms with Crippen molar-refractivity contribution in [2.24, 2.45) is 0 Å². The van der Waals surface area contributed by atoms with Crippen LogP contribution in [0.15, 0.2) is 62.6 Å². The lowest BCUT2D eigenvalue weighted by Crippen LogP contribution is -2.13. The van der Waals surface area contributed by atoms with Crippen LogP contribution in [-0.4, -0.2) is 27.8 Å². The van der Waals surface area contributed by atoms with E-state index in [1.165, 1.54) is 6.92 Å². The first-order chi connectivity index (χ1) is 13.0. The maximum absolute atomic E-state index is 12.0. The van der Waals surface area contributed by atoms with E-state index in [0.717, 1.165) is 16.2 Å². The minimum Gasteiger partial charge on any atom is -0.411 e. The number of hydrogen-bond donors (Lipinski definition) is 2. The normalized spacial score (nSPS) is 10.4. The second-order valence-corrected chi connectivity index (χ2v) is 7.32. The van der Waals surface area contributed by atoms with Gasteiger partial charge in [-0.25, -0.2) is 0 Å². The summed E-state index contributed by atoms with van der Waals surface area (Å²) in [6.07, 6.45) is 0. The zero-order chi connectivity index (χ0) is 19.2. The van der Waals surface area contributed by atoms with Crippen molar-refractivity contribution in [3.63, 3.8) is 0 Å². The molecule has 2 amide bonds. The second kappa shape index (κ2) is 8.83. The molecule has 138 valence electrons. The SMILES string of the molecule is CC(=O)Nc1cccc(-c2nnc(SCC(=O)Nc3ccc(Br)cc3)o2)c1. The van der Waals surface area contributed by atoms with Gasteiger partial charge in [0.2, 0.25) is 17.7 Å². The summed E-state index contributed by atoms with van der Waals surface area (Å²) >= 11 is 4.50. The average molecular weight is 447 g/mol. The first-order valence-corrected chi connectivity index (χ1v) is 9.67. The monoisotopic (exact) mass is 446 g/mol. The molecule has 0 saturated carbocycles. The Morgan fingerprint density at radius 1 is 1.07 bits per heavy atom. The number of rotatable bonds is 6. The highest BCUT2D eigenvalue weighted by atomic mass is 79.9. The molecular weight excluding hydrogens is 432 g/mol. The van der Waals surface area contributed by atoms with E-state index in [1.807, 2.05) is 12.1 Å². The number of benzene rings is 2. The molecule has 9 heteroatoms.